The van der Waals surface area contributed by atoms with E-state index in [1.807, 2.05) is 4.72 Å². The number of halogens is 4. The second kappa shape index (κ2) is 23.4. The largest absolute Gasteiger partial charge is 1.00 e. The van der Waals surface area contributed by atoms with Gasteiger partial charge in [0.25, 0.3) is 20.4 Å². The molecule has 0 spiro atoms. The van der Waals surface area contributed by atoms with Crippen molar-refractivity contribution < 1.29 is 93.0 Å². The molecule has 302 valence electrons. The van der Waals surface area contributed by atoms with Crippen molar-refractivity contribution in [1.82, 2.24) is 45.3 Å². The number of hydrogen-bond donors (Lipinski definition) is 9. The van der Waals surface area contributed by atoms with Crippen molar-refractivity contribution in [2.45, 2.75) is 0 Å². The molecular formula is C24H29Br2F2N14NaO11S2. The average Bonchev–Trinajstić information content (AvgIpc) is 3.91. The number of nitrogens with one attached hydrogen (secondary N) is 5. The molecule has 3 heterocycles. The maximum absolute atomic E-state index is 13.8. The van der Waals surface area contributed by atoms with Crippen LogP contribution in [0.15, 0.2) is 68.8 Å². The van der Waals surface area contributed by atoms with E-state index in [1.165, 1.54) is 7.11 Å². The molecule has 0 atom stereocenters. The number of aliphatic hydroxyl groups excluding tert-OH is 1. The van der Waals surface area contributed by atoms with Gasteiger partial charge in [0.05, 0.1) is 28.5 Å². The number of rotatable bonds is 14. The number of amidine groups is 1. The van der Waals surface area contributed by atoms with Crippen LogP contribution in [0.3, 0.4) is 0 Å². The van der Waals surface area contributed by atoms with Crippen LogP contribution in [0.25, 0.3) is 17.2 Å². The molecule has 0 bridgehead atoms. The molecule has 25 nitrogen and oxygen atoms in total. The van der Waals surface area contributed by atoms with Crippen molar-refractivity contribution in [2.75, 3.05) is 43.9 Å². The van der Waals surface area contributed by atoms with Crippen LogP contribution >= 0.6 is 31.9 Å². The summed E-state index contributed by atoms with van der Waals surface area (Å²) < 4.78 is 141. The fourth-order valence-corrected chi connectivity index (χ4v) is 4.59. The van der Waals surface area contributed by atoms with E-state index in [9.17, 15) is 35.6 Å². The van der Waals surface area contributed by atoms with E-state index in [0.29, 0.717) is 4.57 Å². The van der Waals surface area contributed by atoms with E-state index in [-0.39, 0.29) is 85.8 Å². The van der Waals surface area contributed by atoms with Gasteiger partial charge in [-0.15, -0.1) is 0 Å². The third-order valence-electron chi connectivity index (χ3n) is 5.41. The van der Waals surface area contributed by atoms with Gasteiger partial charge in [-0.3, -0.25) is 15.2 Å². The first-order valence-electron chi connectivity index (χ1n) is 17.0. The summed E-state index contributed by atoms with van der Waals surface area (Å²) in [4.78, 5) is 16.1. The Kier molecular flexibility index (Phi) is 16.3. The third kappa shape index (κ3) is 15.3. The van der Waals surface area contributed by atoms with Crippen LogP contribution in [0.4, 0.5) is 26.1 Å². The summed E-state index contributed by atoms with van der Waals surface area (Å²) in [6, 6.07) is -0.369. The molecule has 5 aromatic rings. The van der Waals surface area contributed by atoms with Crippen molar-refractivity contribution in [1.29, 1.82) is 1.43 Å². The number of aliphatic hydroxyl groups is 1. The van der Waals surface area contributed by atoms with Gasteiger partial charge in [0.1, 0.15) is 11.6 Å². The van der Waals surface area contributed by atoms with Crippen LogP contribution in [0.5, 0.6) is 0 Å². The van der Waals surface area contributed by atoms with Crippen LogP contribution < -0.4 is 71.1 Å². The van der Waals surface area contributed by atoms with Gasteiger partial charge in [-0.2, -0.15) is 16.8 Å². The normalized spacial score (nSPS) is 13.2. The molecule has 0 fully saturated rings. The first kappa shape index (κ1) is 39.0. The van der Waals surface area contributed by atoms with Crippen LogP contribution in [-0.4, -0.2) is 103 Å². The molecule has 0 unspecified atom stereocenters. The fourth-order valence-electron chi connectivity index (χ4n) is 3.33. The van der Waals surface area contributed by atoms with Gasteiger partial charge in [0, 0.05) is 33.2 Å². The summed E-state index contributed by atoms with van der Waals surface area (Å²) in [6.45, 7) is -3.33. The topological polar surface area (TPSA) is 389 Å². The summed E-state index contributed by atoms with van der Waals surface area (Å²) in [6.07, 6.45) is 0. The fraction of sp³-hybridized carbons (Fsp3) is 0.208. The minimum Gasteiger partial charge on any atom is -0.870 e. The van der Waals surface area contributed by atoms with Crippen molar-refractivity contribution >= 4 is 75.4 Å². The Morgan fingerprint density at radius 3 is 2.20 bits per heavy atom. The maximum Gasteiger partial charge on any atom is 1.00 e. The van der Waals surface area contributed by atoms with Gasteiger partial charge < -0.3 is 21.2 Å². The van der Waals surface area contributed by atoms with Crippen LogP contribution in [0.1, 0.15) is 13.9 Å². The third-order valence-corrected chi connectivity index (χ3v) is 7.71. The molecule has 32 heteroatoms. The molecule has 0 aliphatic rings. The quantitative estimate of drug-likeness (QED) is 0.0173. The van der Waals surface area contributed by atoms with Gasteiger partial charge in [-0.1, -0.05) is 5.16 Å². The second-order valence-electron chi connectivity index (χ2n) is 8.99. The minimum atomic E-state index is -4.19. The number of aliphatic imine (C=N–C) groups is 1. The Bertz CT molecular complexity index is 2670. The Balaban J connectivity index is 0.000000580. The summed E-state index contributed by atoms with van der Waals surface area (Å²) in [7, 11) is -6.76. The van der Waals surface area contributed by atoms with Crippen LogP contribution in [-0.2, 0) is 20.4 Å². The molecule has 12 N–H and O–H groups in total. The van der Waals surface area contributed by atoms with E-state index in [2.05, 4.69) is 92.2 Å². The van der Waals surface area contributed by atoms with E-state index in [0.717, 1.165) is 12.1 Å². The van der Waals surface area contributed by atoms with Gasteiger partial charge in [-0.05, 0) is 88.8 Å². The van der Waals surface area contributed by atoms with E-state index in [4.69, 9.17) is 19.9 Å². The predicted octanol–water partition coefficient (Wildman–Crippen LogP) is -3.35. The summed E-state index contributed by atoms with van der Waals surface area (Å²) >= 11 is 5.72. The molecule has 2 aromatic carbocycles. The van der Waals surface area contributed by atoms with Crippen molar-refractivity contribution in [2.24, 2.45) is 15.3 Å². The van der Waals surface area contributed by atoms with Gasteiger partial charge in [0.15, 0.2) is 17.2 Å². The Morgan fingerprint density at radius 2 is 1.55 bits per heavy atom. The number of hydroxylamine groups is 1. The minimum absolute atomic E-state index is 0. The van der Waals surface area contributed by atoms with Crippen molar-refractivity contribution in [3.8, 4) is 17.2 Å². The smallest absolute Gasteiger partial charge is 0.870 e. The Morgan fingerprint density at radius 1 is 0.964 bits per heavy atom. The number of anilines is 2. The summed E-state index contributed by atoms with van der Waals surface area (Å²) in [5.41, 5.74) is 0.546. The maximum atomic E-state index is 13.8. The number of hydrogen-bond acceptors (Lipinski definition) is 19. The van der Waals surface area contributed by atoms with Crippen molar-refractivity contribution in [3.63, 3.8) is 0 Å². The first-order chi connectivity index (χ1) is 28.4. The SMILES string of the molecule is [2H]OC.[2H]c1cc(F)c(Br)c([2H])c1-n1c(-c2nonc2NC([2H])([2H])CNS(N)(=O)=O)noc1=O.[2H]c1cc(F)c(Br)c([2H])c1N=C(NO)c1nonc1NCCNS(N)(=O)=O.[Na+].[OH-]. The molecule has 0 saturated heterocycles. The molecular weight excluding hydrogens is 945 g/mol. The molecule has 0 amide bonds. The number of benzene rings is 2. The molecule has 56 heavy (non-hydrogen) atoms. The van der Waals surface area contributed by atoms with Gasteiger partial charge >= 0.3 is 35.3 Å². The average molecular weight is 982 g/mol. The number of nitrogens with zero attached hydrogens (tertiary/aromatic N) is 7. The Hall–Kier alpha value is -3.83. The molecule has 0 aliphatic carbocycles. The molecule has 0 aliphatic heterocycles. The monoisotopic (exact) mass is 979 g/mol. The predicted molar refractivity (Wildman–Crippen MR) is 192 cm³/mol. The summed E-state index contributed by atoms with van der Waals surface area (Å²) in [5, 5.41) is 44.8. The zero-order valence-corrected chi connectivity index (χ0v) is 34.8. The van der Waals surface area contributed by atoms with E-state index < -0.39 is 92.4 Å². The standard InChI is InChI=1S/C12H11BrFN7O5S.C11H13BrFN7O4S.CH4O.Na.H2O/c13-7-5-6(1-2-8(7)14)21-11(20-25-12(21)22)9-10(19-26-18-9)16-3-4-17-27(15,23)24;12-7-5-6(1-2-8(7)13)17-11(18-21)9-10(20-24-19-9)15-3-4-16-25(14,22)23;1-2;;/h1-2,5,17H,3-4H2,(H,16,19)(H2,15,23,24);1-2,5,16,21H,3-4H2,(H,15,20)(H,17,18)(H2,14,22,23);2H,1H3;;1H2/q;;;+1;/p-1/i1D,3D2,5D;1D,5D;2D;;. The zero-order valence-electron chi connectivity index (χ0n) is 35.0. The molecule has 0 saturated carbocycles. The first-order valence-corrected chi connectivity index (χ1v) is 18.2. The second-order valence-corrected chi connectivity index (χ2v) is 13.3. The van der Waals surface area contributed by atoms with Gasteiger partial charge in [0.2, 0.25) is 18.9 Å². The van der Waals surface area contributed by atoms with Crippen LogP contribution in [0, 0.1) is 11.6 Å². The molecule has 5 rings (SSSR count). The van der Waals surface area contributed by atoms with Gasteiger partial charge in [-0.25, -0.2) is 52.1 Å². The number of aromatic nitrogens is 6. The van der Waals surface area contributed by atoms with Crippen LogP contribution in [0.2, 0.25) is 0 Å². The summed E-state index contributed by atoms with van der Waals surface area (Å²) in [5.74, 6) is -4.14. The van der Waals surface area contributed by atoms with E-state index in [1.54, 1.807) is 10.2 Å². The molecule has 0 radical (unpaired) electrons. The number of nitrogens with two attached hydrogens (primary N) is 2. The molecule has 3 aromatic heterocycles. The zero-order chi connectivity index (χ0) is 46.0. The Labute approximate surface area is 362 Å². The van der Waals surface area contributed by atoms with Crippen molar-refractivity contribution in [3.05, 3.63) is 73.1 Å². The van der Waals surface area contributed by atoms with E-state index >= 15 is 0 Å².